The average Bonchev–Trinajstić information content (AvgIpc) is 2.80. The zero-order chi connectivity index (χ0) is 13.1. The molecule has 1 aliphatic rings. The van der Waals surface area contributed by atoms with Crippen molar-refractivity contribution in [3.05, 3.63) is 23.8 Å². The number of hydrogen-bond donors (Lipinski definition) is 3. The van der Waals surface area contributed by atoms with Crippen LogP contribution in [-0.2, 0) is 0 Å². The lowest BCUT2D eigenvalue weighted by Crippen LogP contribution is -2.34. The van der Waals surface area contributed by atoms with Gasteiger partial charge in [-0.3, -0.25) is 0 Å². The minimum absolute atomic E-state index is 0.118. The molecular weight excluding hydrogens is 226 g/mol. The second-order valence-corrected chi connectivity index (χ2v) is 5.50. The molecule has 3 heteroatoms. The van der Waals surface area contributed by atoms with E-state index in [1.807, 2.05) is 0 Å². The number of aromatic hydroxyl groups is 2. The monoisotopic (exact) mass is 249 g/mol. The highest BCUT2D eigenvalue weighted by Crippen LogP contribution is 2.30. The smallest absolute Gasteiger partial charge is 0.119 e. The molecule has 1 aliphatic carbocycles. The summed E-state index contributed by atoms with van der Waals surface area (Å²) in [6, 6.07) is 5.39. The lowest BCUT2D eigenvalue weighted by atomic mass is 9.97. The standard InChI is InChI=1S/C15H23NO2/c1-10(12-5-3-4-6-12)16-11(2)13-7-14(17)9-15(18)8-13/h7-12,16-18H,3-6H2,1-2H3/t10-,11?/m0/s1. The van der Waals surface area contributed by atoms with Gasteiger partial charge in [-0.05, 0) is 50.3 Å². The molecule has 18 heavy (non-hydrogen) atoms. The highest BCUT2D eigenvalue weighted by molar-refractivity contribution is 5.37. The van der Waals surface area contributed by atoms with E-state index in [9.17, 15) is 10.2 Å². The predicted molar refractivity (Wildman–Crippen MR) is 72.7 cm³/mol. The van der Waals surface area contributed by atoms with Crippen LogP contribution in [0.5, 0.6) is 11.5 Å². The van der Waals surface area contributed by atoms with Crippen molar-refractivity contribution in [3.63, 3.8) is 0 Å². The van der Waals surface area contributed by atoms with Crippen molar-refractivity contribution in [1.82, 2.24) is 5.32 Å². The first-order valence-corrected chi connectivity index (χ1v) is 6.85. The van der Waals surface area contributed by atoms with Crippen molar-refractivity contribution in [3.8, 4) is 11.5 Å². The van der Waals surface area contributed by atoms with Crippen molar-refractivity contribution in [2.24, 2.45) is 5.92 Å². The van der Waals surface area contributed by atoms with Crippen molar-refractivity contribution in [2.75, 3.05) is 0 Å². The maximum absolute atomic E-state index is 9.50. The van der Waals surface area contributed by atoms with Crippen molar-refractivity contribution >= 4 is 0 Å². The zero-order valence-electron chi connectivity index (χ0n) is 11.2. The second kappa shape index (κ2) is 5.61. The fraction of sp³-hybridized carbons (Fsp3) is 0.600. The Bertz CT molecular complexity index is 379. The van der Waals surface area contributed by atoms with Crippen LogP contribution in [0.25, 0.3) is 0 Å². The molecule has 1 aromatic carbocycles. The van der Waals surface area contributed by atoms with Crippen LogP contribution < -0.4 is 5.32 Å². The van der Waals surface area contributed by atoms with E-state index in [0.29, 0.717) is 6.04 Å². The van der Waals surface area contributed by atoms with E-state index in [1.165, 1.54) is 31.7 Å². The highest BCUT2D eigenvalue weighted by atomic mass is 16.3. The lowest BCUT2D eigenvalue weighted by Gasteiger charge is -2.25. The molecule has 0 radical (unpaired) electrons. The molecule has 2 rings (SSSR count). The largest absolute Gasteiger partial charge is 0.508 e. The molecule has 0 amide bonds. The molecule has 0 heterocycles. The molecule has 1 unspecified atom stereocenters. The molecule has 100 valence electrons. The second-order valence-electron chi connectivity index (χ2n) is 5.50. The van der Waals surface area contributed by atoms with Gasteiger partial charge in [-0.2, -0.15) is 0 Å². The Morgan fingerprint density at radius 1 is 1.06 bits per heavy atom. The van der Waals surface area contributed by atoms with E-state index in [0.717, 1.165) is 11.5 Å². The number of rotatable bonds is 4. The van der Waals surface area contributed by atoms with Crippen molar-refractivity contribution in [2.45, 2.75) is 51.6 Å². The Kier molecular flexibility index (Phi) is 4.12. The van der Waals surface area contributed by atoms with Gasteiger partial charge in [-0.15, -0.1) is 0 Å². The van der Waals surface area contributed by atoms with E-state index in [4.69, 9.17) is 0 Å². The fourth-order valence-electron chi connectivity index (χ4n) is 2.95. The first-order chi connectivity index (χ1) is 8.56. The van der Waals surface area contributed by atoms with E-state index >= 15 is 0 Å². The fourth-order valence-corrected chi connectivity index (χ4v) is 2.95. The molecule has 3 N–H and O–H groups in total. The zero-order valence-corrected chi connectivity index (χ0v) is 11.2. The molecule has 0 bridgehead atoms. The summed E-state index contributed by atoms with van der Waals surface area (Å²) < 4.78 is 0. The summed E-state index contributed by atoms with van der Waals surface area (Å²) in [6.45, 7) is 4.30. The minimum atomic E-state index is 0.118. The summed E-state index contributed by atoms with van der Waals surface area (Å²) >= 11 is 0. The van der Waals surface area contributed by atoms with E-state index in [2.05, 4.69) is 19.2 Å². The molecule has 3 nitrogen and oxygen atoms in total. The summed E-state index contributed by atoms with van der Waals surface area (Å²) in [5.74, 6) is 0.998. The minimum Gasteiger partial charge on any atom is -0.508 e. The maximum Gasteiger partial charge on any atom is 0.119 e. The average molecular weight is 249 g/mol. The maximum atomic E-state index is 9.50. The number of phenols is 2. The normalized spacial score (nSPS) is 19.9. The van der Waals surface area contributed by atoms with Crippen LogP contribution in [0.1, 0.15) is 51.1 Å². The number of hydrogen-bond acceptors (Lipinski definition) is 3. The molecule has 0 saturated heterocycles. The van der Waals surface area contributed by atoms with Gasteiger partial charge in [0.15, 0.2) is 0 Å². The van der Waals surface area contributed by atoms with Gasteiger partial charge in [0.2, 0.25) is 0 Å². The van der Waals surface area contributed by atoms with Crippen LogP contribution in [-0.4, -0.2) is 16.3 Å². The van der Waals surface area contributed by atoms with Crippen LogP contribution in [0.2, 0.25) is 0 Å². The van der Waals surface area contributed by atoms with Crippen LogP contribution >= 0.6 is 0 Å². The van der Waals surface area contributed by atoms with Gasteiger partial charge in [-0.25, -0.2) is 0 Å². The predicted octanol–water partition coefficient (Wildman–Crippen LogP) is 3.33. The van der Waals surface area contributed by atoms with Crippen molar-refractivity contribution < 1.29 is 10.2 Å². The van der Waals surface area contributed by atoms with Gasteiger partial charge in [0.25, 0.3) is 0 Å². The van der Waals surface area contributed by atoms with Gasteiger partial charge < -0.3 is 15.5 Å². The van der Waals surface area contributed by atoms with Crippen LogP contribution in [0.3, 0.4) is 0 Å². The molecule has 2 atom stereocenters. The Morgan fingerprint density at radius 3 is 2.17 bits per heavy atom. The molecule has 0 spiro atoms. The summed E-state index contributed by atoms with van der Waals surface area (Å²) in [5.41, 5.74) is 0.928. The number of phenolic OH excluding ortho intramolecular Hbond substituents is 2. The van der Waals surface area contributed by atoms with Gasteiger partial charge in [0.05, 0.1) is 0 Å². The third-order valence-corrected chi connectivity index (χ3v) is 4.04. The van der Waals surface area contributed by atoms with Gasteiger partial charge in [-0.1, -0.05) is 12.8 Å². The van der Waals surface area contributed by atoms with Gasteiger partial charge >= 0.3 is 0 Å². The number of benzene rings is 1. The van der Waals surface area contributed by atoms with E-state index in [1.54, 1.807) is 12.1 Å². The van der Waals surface area contributed by atoms with Crippen LogP contribution in [0.4, 0.5) is 0 Å². The molecule has 0 aromatic heterocycles. The molecular formula is C15H23NO2. The summed E-state index contributed by atoms with van der Waals surface area (Å²) in [4.78, 5) is 0. The van der Waals surface area contributed by atoms with Crippen LogP contribution in [0, 0.1) is 5.92 Å². The summed E-state index contributed by atoms with van der Waals surface area (Å²) in [5, 5.41) is 22.6. The first kappa shape index (κ1) is 13.2. The topological polar surface area (TPSA) is 52.5 Å². The molecule has 1 saturated carbocycles. The van der Waals surface area contributed by atoms with E-state index in [-0.39, 0.29) is 17.5 Å². The van der Waals surface area contributed by atoms with Gasteiger partial charge in [0, 0.05) is 18.2 Å². The van der Waals surface area contributed by atoms with Crippen LogP contribution in [0.15, 0.2) is 18.2 Å². The van der Waals surface area contributed by atoms with E-state index < -0.39 is 0 Å². The Hall–Kier alpha value is -1.22. The summed E-state index contributed by atoms with van der Waals surface area (Å²) in [7, 11) is 0. The third kappa shape index (κ3) is 3.16. The summed E-state index contributed by atoms with van der Waals surface area (Å²) in [6.07, 6.45) is 5.31. The van der Waals surface area contributed by atoms with Crippen molar-refractivity contribution in [1.29, 1.82) is 0 Å². The SMILES string of the molecule is CC(N[C@@H](C)C1CCCC1)c1cc(O)cc(O)c1. The Morgan fingerprint density at radius 2 is 1.61 bits per heavy atom. The van der Waals surface area contributed by atoms with Gasteiger partial charge in [0.1, 0.15) is 11.5 Å². The Labute approximate surface area is 109 Å². The lowest BCUT2D eigenvalue weighted by molar-refractivity contribution is 0.351. The third-order valence-electron chi connectivity index (χ3n) is 4.04. The molecule has 0 aliphatic heterocycles. The number of nitrogens with one attached hydrogen (secondary N) is 1. The molecule has 1 aromatic rings. The Balaban J connectivity index is 1.99. The quantitative estimate of drug-likeness (QED) is 0.767. The highest BCUT2D eigenvalue weighted by Gasteiger charge is 2.22. The first-order valence-electron chi connectivity index (χ1n) is 6.85. The molecule has 1 fully saturated rings.